The van der Waals surface area contributed by atoms with Crippen LogP contribution in [0, 0.1) is 0 Å². The van der Waals surface area contributed by atoms with Gasteiger partial charge in [-0.1, -0.05) is 18.9 Å². The van der Waals surface area contributed by atoms with Crippen molar-refractivity contribution < 1.29 is 9.59 Å². The Balaban J connectivity index is 1.62. The molecule has 0 spiro atoms. The van der Waals surface area contributed by atoms with E-state index in [2.05, 4.69) is 26.1 Å². The molecule has 7 heteroatoms. The minimum atomic E-state index is -0.182. The van der Waals surface area contributed by atoms with Gasteiger partial charge in [-0.3, -0.25) is 9.59 Å². The predicted molar refractivity (Wildman–Crippen MR) is 95.8 cm³/mol. The van der Waals surface area contributed by atoms with E-state index >= 15 is 0 Å². The number of anilines is 3. The topological polar surface area (TPSA) is 96.0 Å². The van der Waals surface area contributed by atoms with E-state index in [4.69, 9.17) is 0 Å². The molecule has 0 aliphatic heterocycles. The third-order valence-electron chi connectivity index (χ3n) is 4.04. The van der Waals surface area contributed by atoms with Crippen LogP contribution in [0.5, 0.6) is 0 Å². The Morgan fingerprint density at radius 3 is 2.48 bits per heavy atom. The van der Waals surface area contributed by atoms with Gasteiger partial charge in [-0.05, 0) is 43.2 Å². The minimum absolute atomic E-state index is 0.130. The molecule has 0 unspecified atom stereocenters. The van der Waals surface area contributed by atoms with E-state index in [0.29, 0.717) is 17.2 Å². The van der Waals surface area contributed by atoms with Crippen molar-refractivity contribution in [3.05, 3.63) is 42.1 Å². The molecule has 0 atom stereocenters. The average molecular weight is 339 g/mol. The summed E-state index contributed by atoms with van der Waals surface area (Å²) in [6.45, 7) is 1.46. The van der Waals surface area contributed by atoms with Crippen LogP contribution in [0.2, 0.25) is 0 Å². The lowest BCUT2D eigenvalue weighted by Gasteiger charge is -2.11. The van der Waals surface area contributed by atoms with Crippen molar-refractivity contribution in [3.8, 4) is 0 Å². The van der Waals surface area contributed by atoms with E-state index in [1.54, 1.807) is 24.3 Å². The summed E-state index contributed by atoms with van der Waals surface area (Å²) in [5.74, 6) is 0.213. The molecule has 130 valence electrons. The Labute approximate surface area is 146 Å². The van der Waals surface area contributed by atoms with Crippen LogP contribution in [0.3, 0.4) is 0 Å². The predicted octanol–water partition coefficient (Wildman–Crippen LogP) is 2.85. The summed E-state index contributed by atoms with van der Waals surface area (Å²) < 4.78 is 0. The van der Waals surface area contributed by atoms with Crippen LogP contribution >= 0.6 is 0 Å². The fourth-order valence-electron chi connectivity index (χ4n) is 2.88. The van der Waals surface area contributed by atoms with Gasteiger partial charge in [0.1, 0.15) is 0 Å². The first-order chi connectivity index (χ1) is 12.1. The fraction of sp³-hybridized carbons (Fsp3) is 0.333. The number of amides is 2. The van der Waals surface area contributed by atoms with Gasteiger partial charge in [0.2, 0.25) is 5.91 Å². The van der Waals surface area contributed by atoms with Crippen molar-refractivity contribution in [1.29, 1.82) is 0 Å². The molecule has 2 aromatic rings. The van der Waals surface area contributed by atoms with E-state index in [0.717, 1.165) is 31.4 Å². The lowest BCUT2D eigenvalue weighted by Crippen LogP contribution is -2.33. The lowest BCUT2D eigenvalue weighted by atomic mass is 10.2. The van der Waals surface area contributed by atoms with Gasteiger partial charge in [-0.15, -0.1) is 10.2 Å². The van der Waals surface area contributed by atoms with Crippen molar-refractivity contribution in [2.75, 3.05) is 10.6 Å². The smallest absolute Gasteiger partial charge is 0.272 e. The molecule has 1 aromatic carbocycles. The Kier molecular flexibility index (Phi) is 5.23. The molecule has 0 saturated heterocycles. The monoisotopic (exact) mass is 339 g/mol. The zero-order valence-corrected chi connectivity index (χ0v) is 14.1. The first-order valence-corrected chi connectivity index (χ1v) is 8.39. The largest absolute Gasteiger partial charge is 0.348 e. The van der Waals surface area contributed by atoms with Gasteiger partial charge in [0.25, 0.3) is 5.91 Å². The number of carbonyl (C=O) groups is 2. The number of nitrogens with zero attached hydrogens (tertiary/aromatic N) is 2. The zero-order chi connectivity index (χ0) is 17.6. The third kappa shape index (κ3) is 4.76. The number of hydrogen-bond acceptors (Lipinski definition) is 5. The molecule has 1 aromatic heterocycles. The summed E-state index contributed by atoms with van der Waals surface area (Å²) in [4.78, 5) is 23.3. The normalized spacial score (nSPS) is 14.1. The maximum absolute atomic E-state index is 12.1. The number of rotatable bonds is 5. The highest BCUT2D eigenvalue weighted by Crippen LogP contribution is 2.19. The molecule has 7 nitrogen and oxygen atoms in total. The van der Waals surface area contributed by atoms with E-state index in [1.807, 2.05) is 12.1 Å². The Bertz CT molecular complexity index is 754. The first kappa shape index (κ1) is 16.9. The summed E-state index contributed by atoms with van der Waals surface area (Å²) >= 11 is 0. The number of carbonyl (C=O) groups excluding carboxylic acids is 2. The summed E-state index contributed by atoms with van der Waals surface area (Å²) in [6, 6.07) is 10.9. The Morgan fingerprint density at radius 1 is 1.04 bits per heavy atom. The molecule has 2 amide bonds. The summed E-state index contributed by atoms with van der Waals surface area (Å²) in [5, 5.41) is 16.9. The van der Waals surface area contributed by atoms with Crippen molar-refractivity contribution in [3.63, 3.8) is 0 Å². The van der Waals surface area contributed by atoms with Crippen LogP contribution < -0.4 is 16.0 Å². The standard InChI is InChI=1S/C18H21N5O2/c1-12(24)19-14-7-4-8-15(11-14)20-17-10-9-16(22-23-17)18(25)21-13-5-2-3-6-13/h4,7-11,13H,2-3,5-6H2,1H3,(H,19,24)(H,20,23)(H,21,25). The van der Waals surface area contributed by atoms with E-state index < -0.39 is 0 Å². The molecule has 1 aliphatic carbocycles. The van der Waals surface area contributed by atoms with Gasteiger partial charge in [0.15, 0.2) is 11.5 Å². The molecular formula is C18H21N5O2. The van der Waals surface area contributed by atoms with Crippen LogP contribution in [-0.4, -0.2) is 28.1 Å². The molecule has 0 radical (unpaired) electrons. The maximum Gasteiger partial charge on any atom is 0.272 e. The quantitative estimate of drug-likeness (QED) is 0.778. The minimum Gasteiger partial charge on any atom is -0.348 e. The Hall–Kier alpha value is -2.96. The second-order valence-corrected chi connectivity index (χ2v) is 6.15. The molecule has 1 saturated carbocycles. The van der Waals surface area contributed by atoms with Crippen molar-refractivity contribution in [2.45, 2.75) is 38.6 Å². The molecule has 1 aliphatic rings. The van der Waals surface area contributed by atoms with Crippen LogP contribution in [-0.2, 0) is 4.79 Å². The SMILES string of the molecule is CC(=O)Nc1cccc(Nc2ccc(C(=O)NC3CCCC3)nn2)c1. The highest BCUT2D eigenvalue weighted by Gasteiger charge is 2.18. The lowest BCUT2D eigenvalue weighted by molar-refractivity contribution is -0.114. The molecule has 3 N–H and O–H groups in total. The highest BCUT2D eigenvalue weighted by atomic mass is 16.2. The zero-order valence-electron chi connectivity index (χ0n) is 14.1. The van der Waals surface area contributed by atoms with Gasteiger partial charge in [-0.2, -0.15) is 0 Å². The molecule has 3 rings (SSSR count). The van der Waals surface area contributed by atoms with Crippen molar-refractivity contribution in [2.24, 2.45) is 0 Å². The van der Waals surface area contributed by atoms with Gasteiger partial charge in [0, 0.05) is 24.3 Å². The second-order valence-electron chi connectivity index (χ2n) is 6.15. The fourth-order valence-corrected chi connectivity index (χ4v) is 2.88. The molecule has 25 heavy (non-hydrogen) atoms. The van der Waals surface area contributed by atoms with Crippen LogP contribution in [0.4, 0.5) is 17.2 Å². The van der Waals surface area contributed by atoms with E-state index in [1.165, 1.54) is 6.92 Å². The van der Waals surface area contributed by atoms with Crippen LogP contribution in [0.1, 0.15) is 43.1 Å². The Morgan fingerprint density at radius 2 is 1.80 bits per heavy atom. The van der Waals surface area contributed by atoms with Gasteiger partial charge in [0.05, 0.1) is 0 Å². The number of hydrogen-bond donors (Lipinski definition) is 3. The number of aromatic nitrogens is 2. The second kappa shape index (κ2) is 7.74. The van der Waals surface area contributed by atoms with E-state index in [9.17, 15) is 9.59 Å². The average Bonchev–Trinajstić information content (AvgIpc) is 3.08. The molecule has 1 heterocycles. The van der Waals surface area contributed by atoms with E-state index in [-0.39, 0.29) is 17.9 Å². The van der Waals surface area contributed by atoms with Gasteiger partial charge < -0.3 is 16.0 Å². The third-order valence-corrected chi connectivity index (χ3v) is 4.04. The number of benzene rings is 1. The summed E-state index contributed by atoms with van der Waals surface area (Å²) in [6.07, 6.45) is 4.39. The molecule has 0 bridgehead atoms. The summed E-state index contributed by atoms with van der Waals surface area (Å²) in [7, 11) is 0. The molecule has 1 fully saturated rings. The highest BCUT2D eigenvalue weighted by molar-refractivity contribution is 5.92. The van der Waals surface area contributed by atoms with Gasteiger partial charge in [-0.25, -0.2) is 0 Å². The summed E-state index contributed by atoms with van der Waals surface area (Å²) in [5.41, 5.74) is 1.77. The van der Waals surface area contributed by atoms with Crippen molar-refractivity contribution >= 4 is 29.0 Å². The van der Waals surface area contributed by atoms with Crippen LogP contribution in [0.25, 0.3) is 0 Å². The first-order valence-electron chi connectivity index (χ1n) is 8.39. The maximum atomic E-state index is 12.1. The molecular weight excluding hydrogens is 318 g/mol. The van der Waals surface area contributed by atoms with Crippen LogP contribution in [0.15, 0.2) is 36.4 Å². The number of nitrogens with one attached hydrogen (secondary N) is 3. The van der Waals surface area contributed by atoms with Gasteiger partial charge >= 0.3 is 0 Å². The van der Waals surface area contributed by atoms with Crippen molar-refractivity contribution in [1.82, 2.24) is 15.5 Å².